The molecule has 0 radical (unpaired) electrons. The van der Waals surface area contributed by atoms with Crippen LogP contribution in [0.15, 0.2) is 39.8 Å². The standard InChI is InChI=1S/C17H18F3N3O3S/c1-12-14(4-5-15(21-12)17(18,19)20)27(24,25)23-10-16(11-23)8-22(9-16)7-13-3-2-6-26-13/h2-6H,7-11H2,1H3. The van der Waals surface area contributed by atoms with E-state index in [1.54, 1.807) is 6.26 Å². The van der Waals surface area contributed by atoms with E-state index in [9.17, 15) is 21.6 Å². The zero-order valence-corrected chi connectivity index (χ0v) is 15.3. The maximum atomic E-state index is 12.7. The first kappa shape index (κ1) is 18.5. The molecule has 10 heteroatoms. The van der Waals surface area contributed by atoms with Crippen molar-refractivity contribution >= 4 is 10.0 Å². The topological polar surface area (TPSA) is 66.7 Å². The lowest BCUT2D eigenvalue weighted by atomic mass is 9.74. The molecule has 0 aromatic carbocycles. The van der Waals surface area contributed by atoms with Crippen molar-refractivity contribution in [2.24, 2.45) is 5.41 Å². The number of furan rings is 1. The zero-order chi connectivity index (χ0) is 19.4. The summed E-state index contributed by atoms with van der Waals surface area (Å²) in [6, 6.07) is 5.42. The number of aromatic nitrogens is 1. The summed E-state index contributed by atoms with van der Waals surface area (Å²) < 4.78 is 70.3. The van der Waals surface area contributed by atoms with Crippen LogP contribution < -0.4 is 0 Å². The van der Waals surface area contributed by atoms with Crippen molar-refractivity contribution < 1.29 is 26.0 Å². The number of sulfonamides is 1. The van der Waals surface area contributed by atoms with Crippen LogP contribution >= 0.6 is 0 Å². The summed E-state index contributed by atoms with van der Waals surface area (Å²) >= 11 is 0. The fourth-order valence-electron chi connectivity index (χ4n) is 3.83. The molecule has 0 unspecified atom stereocenters. The van der Waals surface area contributed by atoms with E-state index in [4.69, 9.17) is 4.42 Å². The molecule has 2 aromatic heterocycles. The number of likely N-dealkylation sites (tertiary alicyclic amines) is 1. The highest BCUT2D eigenvalue weighted by Gasteiger charge is 2.55. The molecular weight excluding hydrogens is 383 g/mol. The Bertz CT molecular complexity index is 944. The van der Waals surface area contributed by atoms with Crippen LogP contribution in [0.2, 0.25) is 0 Å². The van der Waals surface area contributed by atoms with Crippen LogP contribution in [0.3, 0.4) is 0 Å². The van der Waals surface area contributed by atoms with Crippen LogP contribution in [0.5, 0.6) is 0 Å². The van der Waals surface area contributed by atoms with Crippen molar-refractivity contribution in [3.63, 3.8) is 0 Å². The van der Waals surface area contributed by atoms with Gasteiger partial charge in [-0.1, -0.05) is 0 Å². The molecule has 2 aliphatic rings. The smallest absolute Gasteiger partial charge is 0.433 e. The van der Waals surface area contributed by atoms with Gasteiger partial charge in [0.05, 0.1) is 18.5 Å². The van der Waals surface area contributed by atoms with E-state index in [1.165, 1.54) is 11.2 Å². The highest BCUT2D eigenvalue weighted by atomic mass is 32.2. The molecule has 4 heterocycles. The highest BCUT2D eigenvalue weighted by molar-refractivity contribution is 7.89. The first-order valence-corrected chi connectivity index (χ1v) is 9.83. The molecule has 1 spiro atoms. The number of hydrogen-bond donors (Lipinski definition) is 0. The van der Waals surface area contributed by atoms with Crippen molar-refractivity contribution in [3.8, 4) is 0 Å². The van der Waals surface area contributed by atoms with Gasteiger partial charge in [0, 0.05) is 31.6 Å². The lowest BCUT2D eigenvalue weighted by molar-refractivity contribution is -0.141. The van der Waals surface area contributed by atoms with Crippen LogP contribution in [0.4, 0.5) is 13.2 Å². The molecule has 0 amide bonds. The summed E-state index contributed by atoms with van der Waals surface area (Å²) in [7, 11) is -3.84. The van der Waals surface area contributed by atoms with Gasteiger partial charge in [-0.2, -0.15) is 17.5 Å². The average Bonchev–Trinajstić information content (AvgIpc) is 2.99. The predicted molar refractivity (Wildman–Crippen MR) is 89.2 cm³/mol. The second-order valence-electron chi connectivity index (χ2n) is 7.28. The minimum Gasteiger partial charge on any atom is -0.468 e. The van der Waals surface area contributed by atoms with Gasteiger partial charge < -0.3 is 4.42 Å². The normalized spacial score (nSPS) is 20.4. The van der Waals surface area contributed by atoms with Gasteiger partial charge in [0.15, 0.2) is 0 Å². The number of rotatable bonds is 4. The Morgan fingerprint density at radius 2 is 1.89 bits per heavy atom. The molecule has 0 bridgehead atoms. The fourth-order valence-corrected chi connectivity index (χ4v) is 5.65. The Balaban J connectivity index is 1.41. The van der Waals surface area contributed by atoms with E-state index < -0.39 is 21.9 Å². The second kappa shape index (κ2) is 6.05. The van der Waals surface area contributed by atoms with Gasteiger partial charge in [-0.25, -0.2) is 13.4 Å². The quantitative estimate of drug-likeness (QED) is 0.788. The number of pyridine rings is 1. The van der Waals surface area contributed by atoms with E-state index >= 15 is 0 Å². The van der Waals surface area contributed by atoms with Crippen LogP contribution in [-0.4, -0.2) is 48.8 Å². The Labute approximate surface area is 154 Å². The summed E-state index contributed by atoms with van der Waals surface area (Å²) in [4.78, 5) is 5.43. The number of halogens is 3. The molecule has 146 valence electrons. The maximum absolute atomic E-state index is 12.7. The SMILES string of the molecule is Cc1nc(C(F)(F)F)ccc1S(=O)(=O)N1CC2(CN(Cc3ccco3)C2)C1. The van der Waals surface area contributed by atoms with Crippen LogP contribution in [0, 0.1) is 12.3 Å². The van der Waals surface area contributed by atoms with Crippen molar-refractivity contribution in [1.82, 2.24) is 14.2 Å². The third kappa shape index (κ3) is 3.26. The molecule has 0 saturated carbocycles. The number of nitrogens with zero attached hydrogens (tertiary/aromatic N) is 3. The van der Waals surface area contributed by atoms with E-state index in [1.807, 2.05) is 12.1 Å². The summed E-state index contributed by atoms with van der Waals surface area (Å²) in [6.45, 7) is 4.23. The summed E-state index contributed by atoms with van der Waals surface area (Å²) in [5.41, 5.74) is -1.31. The molecule has 2 fully saturated rings. The van der Waals surface area contributed by atoms with E-state index in [0.29, 0.717) is 25.7 Å². The van der Waals surface area contributed by atoms with Gasteiger partial charge in [-0.05, 0) is 31.2 Å². The van der Waals surface area contributed by atoms with E-state index in [-0.39, 0.29) is 16.0 Å². The molecule has 2 aliphatic heterocycles. The zero-order valence-electron chi connectivity index (χ0n) is 14.5. The van der Waals surface area contributed by atoms with Gasteiger partial charge in [0.2, 0.25) is 10.0 Å². The third-order valence-corrected chi connectivity index (χ3v) is 6.97. The largest absolute Gasteiger partial charge is 0.468 e. The lowest BCUT2D eigenvalue weighted by Crippen LogP contribution is -2.72. The van der Waals surface area contributed by atoms with Gasteiger partial charge >= 0.3 is 6.18 Å². The molecule has 27 heavy (non-hydrogen) atoms. The van der Waals surface area contributed by atoms with Crippen molar-refractivity contribution in [2.45, 2.75) is 24.5 Å². The second-order valence-corrected chi connectivity index (χ2v) is 9.18. The highest BCUT2D eigenvalue weighted by Crippen LogP contribution is 2.43. The fraction of sp³-hybridized carbons (Fsp3) is 0.471. The van der Waals surface area contributed by atoms with Crippen LogP contribution in [0.25, 0.3) is 0 Å². The van der Waals surface area contributed by atoms with Gasteiger partial charge in [0.25, 0.3) is 0 Å². The van der Waals surface area contributed by atoms with Crippen molar-refractivity contribution in [3.05, 3.63) is 47.7 Å². The van der Waals surface area contributed by atoms with Gasteiger partial charge in [-0.3, -0.25) is 4.90 Å². The Hall–Kier alpha value is -1.91. The molecular formula is C17H18F3N3O3S. The first-order valence-electron chi connectivity index (χ1n) is 8.39. The molecule has 6 nitrogen and oxygen atoms in total. The van der Waals surface area contributed by atoms with E-state index in [2.05, 4.69) is 9.88 Å². The summed E-state index contributed by atoms with van der Waals surface area (Å²) in [6.07, 6.45) is -2.99. The summed E-state index contributed by atoms with van der Waals surface area (Å²) in [5.74, 6) is 0.861. The van der Waals surface area contributed by atoms with Crippen LogP contribution in [0.1, 0.15) is 17.1 Å². The Morgan fingerprint density at radius 3 is 2.44 bits per heavy atom. The minimum absolute atomic E-state index is 0.0765. The summed E-state index contributed by atoms with van der Waals surface area (Å²) in [5, 5.41) is 0. The minimum atomic E-state index is -4.60. The molecule has 0 N–H and O–H groups in total. The monoisotopic (exact) mass is 401 g/mol. The Kier molecular flexibility index (Phi) is 4.13. The lowest BCUT2D eigenvalue weighted by Gasteiger charge is -2.59. The number of aryl methyl sites for hydroxylation is 1. The molecule has 2 aromatic rings. The molecule has 0 aliphatic carbocycles. The van der Waals surface area contributed by atoms with E-state index in [0.717, 1.165) is 24.9 Å². The van der Waals surface area contributed by atoms with Crippen molar-refractivity contribution in [1.29, 1.82) is 0 Å². The maximum Gasteiger partial charge on any atom is 0.433 e. The number of alkyl halides is 3. The van der Waals surface area contributed by atoms with Gasteiger partial charge in [0.1, 0.15) is 16.3 Å². The molecule has 4 rings (SSSR count). The predicted octanol–water partition coefficient (Wildman–Crippen LogP) is 2.51. The Morgan fingerprint density at radius 1 is 1.19 bits per heavy atom. The third-order valence-electron chi connectivity index (χ3n) is 5.05. The number of hydrogen-bond acceptors (Lipinski definition) is 5. The van der Waals surface area contributed by atoms with Crippen molar-refractivity contribution in [2.75, 3.05) is 26.2 Å². The molecule has 0 atom stereocenters. The molecule has 2 saturated heterocycles. The van der Waals surface area contributed by atoms with Gasteiger partial charge in [-0.15, -0.1) is 0 Å². The average molecular weight is 401 g/mol. The van der Waals surface area contributed by atoms with Crippen LogP contribution in [-0.2, 0) is 22.7 Å². The first-order chi connectivity index (χ1) is 12.6.